The summed E-state index contributed by atoms with van der Waals surface area (Å²) in [5.74, 6) is 0.847. The van der Waals surface area contributed by atoms with Gasteiger partial charge in [-0.25, -0.2) is 9.97 Å². The fraction of sp³-hybridized carbons (Fsp3) is 0.0667. The Kier molecular flexibility index (Phi) is 4.91. The lowest BCUT2D eigenvalue weighted by Crippen LogP contribution is -2.15. The van der Waals surface area contributed by atoms with Crippen molar-refractivity contribution in [2.75, 3.05) is 0 Å². The molecule has 0 saturated heterocycles. The lowest BCUT2D eigenvalue weighted by Gasteiger charge is -2.22. The van der Waals surface area contributed by atoms with Gasteiger partial charge in [0.05, 0.1) is 22.1 Å². The van der Waals surface area contributed by atoms with Crippen LogP contribution in [0.15, 0.2) is 140 Å². The third-order valence-corrected chi connectivity index (χ3v) is 10.9. The van der Waals surface area contributed by atoms with Crippen LogP contribution >= 0.6 is 0 Å². The van der Waals surface area contributed by atoms with E-state index in [4.69, 9.17) is 9.97 Å². The lowest BCUT2D eigenvalue weighted by atomic mass is 9.81. The number of aromatic nitrogens is 3. The van der Waals surface area contributed by atoms with Crippen LogP contribution in [0.4, 0.5) is 0 Å². The first-order valence-electron chi connectivity index (χ1n) is 16.7. The maximum absolute atomic E-state index is 5.52. The summed E-state index contributed by atoms with van der Waals surface area (Å²) in [7, 11) is 0. The summed E-state index contributed by atoms with van der Waals surface area (Å²) in [6, 6.07) is 50.6. The molecule has 0 aliphatic heterocycles. The summed E-state index contributed by atoms with van der Waals surface area (Å²) >= 11 is 0. The van der Waals surface area contributed by atoms with Crippen molar-refractivity contribution in [1.29, 1.82) is 0 Å². The second-order valence-corrected chi connectivity index (χ2v) is 13.7. The summed E-state index contributed by atoms with van der Waals surface area (Å²) in [6.45, 7) is 4.76. The van der Waals surface area contributed by atoms with Crippen LogP contribution < -0.4 is 0 Å². The summed E-state index contributed by atoms with van der Waals surface area (Å²) in [5.41, 5.74) is 8.67. The molecule has 10 aromatic rings. The number of fused-ring (bicyclic) bond motifs is 6. The Balaban J connectivity index is 1.41. The molecule has 0 unspecified atom stereocenters. The molecule has 224 valence electrons. The van der Waals surface area contributed by atoms with E-state index >= 15 is 0 Å². The highest BCUT2D eigenvalue weighted by atomic mass is 15.1. The van der Waals surface area contributed by atoms with E-state index in [9.17, 15) is 0 Å². The minimum Gasteiger partial charge on any atom is -0.292 e. The molecule has 0 spiro atoms. The third-order valence-electron chi connectivity index (χ3n) is 10.9. The zero-order chi connectivity index (χ0) is 31.7. The average Bonchev–Trinajstić information content (AvgIpc) is 3.59. The Labute approximate surface area is 276 Å². The minimum absolute atomic E-state index is 0.128. The van der Waals surface area contributed by atoms with E-state index in [-0.39, 0.29) is 5.41 Å². The molecule has 0 saturated carbocycles. The van der Waals surface area contributed by atoms with Gasteiger partial charge in [0.25, 0.3) is 0 Å². The van der Waals surface area contributed by atoms with E-state index in [1.807, 2.05) is 0 Å². The lowest BCUT2D eigenvalue weighted by molar-refractivity contribution is 0.663. The van der Waals surface area contributed by atoms with Gasteiger partial charge in [0.15, 0.2) is 5.82 Å². The maximum Gasteiger partial charge on any atom is 0.165 e. The Bertz CT molecular complexity index is 3020. The quantitative estimate of drug-likeness (QED) is 0.182. The maximum atomic E-state index is 5.52. The monoisotopic (exact) mass is 611 g/mol. The second-order valence-electron chi connectivity index (χ2n) is 13.7. The minimum atomic E-state index is -0.128. The van der Waals surface area contributed by atoms with Crippen LogP contribution in [0, 0.1) is 0 Å². The van der Waals surface area contributed by atoms with E-state index in [0.717, 1.165) is 49.9 Å². The molecule has 1 aliphatic carbocycles. The Morgan fingerprint density at radius 1 is 0.458 bits per heavy atom. The normalized spacial score (nSPS) is 13.8. The van der Waals surface area contributed by atoms with Crippen LogP contribution in [-0.2, 0) is 5.41 Å². The fourth-order valence-corrected chi connectivity index (χ4v) is 8.77. The zero-order valence-electron chi connectivity index (χ0n) is 26.6. The van der Waals surface area contributed by atoms with E-state index in [1.165, 1.54) is 54.2 Å². The van der Waals surface area contributed by atoms with Crippen LogP contribution in [0.2, 0.25) is 0 Å². The smallest absolute Gasteiger partial charge is 0.165 e. The number of rotatable bonds is 2. The first-order valence-corrected chi connectivity index (χ1v) is 16.7. The molecule has 2 aromatic heterocycles. The molecular formula is C45H29N3. The van der Waals surface area contributed by atoms with Gasteiger partial charge in [-0.3, -0.25) is 4.57 Å². The molecule has 0 amide bonds. The van der Waals surface area contributed by atoms with Crippen LogP contribution in [0.5, 0.6) is 0 Å². The van der Waals surface area contributed by atoms with Crippen LogP contribution in [0.25, 0.3) is 93.0 Å². The van der Waals surface area contributed by atoms with Crippen molar-refractivity contribution in [2.24, 2.45) is 0 Å². The zero-order valence-corrected chi connectivity index (χ0v) is 26.6. The van der Waals surface area contributed by atoms with Gasteiger partial charge < -0.3 is 0 Å². The molecule has 11 rings (SSSR count). The van der Waals surface area contributed by atoms with Crippen molar-refractivity contribution in [3.63, 3.8) is 0 Å². The van der Waals surface area contributed by atoms with Gasteiger partial charge in [-0.15, -0.1) is 0 Å². The molecular weight excluding hydrogens is 583 g/mol. The van der Waals surface area contributed by atoms with Gasteiger partial charge >= 0.3 is 0 Å². The van der Waals surface area contributed by atoms with Gasteiger partial charge in [0, 0.05) is 27.1 Å². The fourth-order valence-electron chi connectivity index (χ4n) is 8.77. The Morgan fingerprint density at radius 2 is 1.10 bits per heavy atom. The number of benzene rings is 7. The summed E-state index contributed by atoms with van der Waals surface area (Å²) in [6.07, 6.45) is 0. The van der Waals surface area contributed by atoms with E-state index in [0.29, 0.717) is 0 Å². The Hall–Kier alpha value is -6.06. The summed E-state index contributed by atoms with van der Waals surface area (Å²) < 4.78 is 2.39. The van der Waals surface area contributed by atoms with E-state index in [1.54, 1.807) is 0 Å². The molecule has 48 heavy (non-hydrogen) atoms. The Morgan fingerprint density at radius 3 is 1.92 bits per heavy atom. The number of hydrogen-bond donors (Lipinski definition) is 0. The molecule has 3 heteroatoms. The van der Waals surface area contributed by atoms with Crippen LogP contribution in [0.3, 0.4) is 0 Å². The number of nitrogens with zero attached hydrogens (tertiary/aromatic N) is 3. The molecule has 0 fully saturated rings. The van der Waals surface area contributed by atoms with E-state index < -0.39 is 0 Å². The van der Waals surface area contributed by atoms with Gasteiger partial charge in [-0.1, -0.05) is 135 Å². The van der Waals surface area contributed by atoms with Crippen LogP contribution in [-0.4, -0.2) is 14.5 Å². The van der Waals surface area contributed by atoms with Crippen molar-refractivity contribution in [3.05, 3.63) is 151 Å². The van der Waals surface area contributed by atoms with Gasteiger partial charge in [0.1, 0.15) is 5.69 Å². The van der Waals surface area contributed by atoms with Crippen molar-refractivity contribution in [3.8, 4) is 17.1 Å². The highest BCUT2D eigenvalue weighted by molar-refractivity contribution is 6.35. The molecule has 0 radical (unpaired) electrons. The molecule has 2 heterocycles. The molecule has 3 nitrogen and oxygen atoms in total. The number of hydrogen-bond acceptors (Lipinski definition) is 2. The molecule has 1 aliphatic rings. The summed E-state index contributed by atoms with van der Waals surface area (Å²) in [5, 5.41) is 12.7. The highest BCUT2D eigenvalue weighted by Gasteiger charge is 2.36. The first kappa shape index (κ1) is 26.1. The molecule has 8 aromatic carbocycles. The standard InChI is InChI=1S/C45H29N3/c1-45(2)33-20-10-18-31-29-16-8-9-17-30(29)32-19-11-21-36-39(32)41-37(25-23-34(45)40(41)38(31)33)48(36)44-42(27-13-4-3-5-14-27)47-43-28-15-7-6-12-26(28)22-24-35(43)46-44/h3-25H,1-2H3. The topological polar surface area (TPSA) is 30.7 Å². The van der Waals surface area contributed by atoms with Crippen LogP contribution in [0.1, 0.15) is 25.0 Å². The van der Waals surface area contributed by atoms with Crippen molar-refractivity contribution in [2.45, 2.75) is 19.3 Å². The van der Waals surface area contributed by atoms with Crippen molar-refractivity contribution >= 4 is 75.9 Å². The predicted molar refractivity (Wildman–Crippen MR) is 201 cm³/mol. The highest BCUT2D eigenvalue weighted by Crippen LogP contribution is 2.53. The SMILES string of the molecule is CC1(C)c2cccc3c4ccccc4c4cccc5c4c4c(c1ccc4n5-c1nc4ccc5ccccc5c4nc1-c1ccccc1)c23. The molecule has 0 N–H and O–H groups in total. The first-order chi connectivity index (χ1) is 23.6. The molecule has 0 bridgehead atoms. The average molecular weight is 612 g/mol. The van der Waals surface area contributed by atoms with Crippen molar-refractivity contribution in [1.82, 2.24) is 14.5 Å². The van der Waals surface area contributed by atoms with Gasteiger partial charge in [-0.2, -0.15) is 0 Å². The van der Waals surface area contributed by atoms with Crippen molar-refractivity contribution < 1.29 is 0 Å². The largest absolute Gasteiger partial charge is 0.292 e. The predicted octanol–water partition coefficient (Wildman–Crippen LogP) is 11.6. The summed E-state index contributed by atoms with van der Waals surface area (Å²) in [4.78, 5) is 11.0. The van der Waals surface area contributed by atoms with Gasteiger partial charge in [0.2, 0.25) is 0 Å². The van der Waals surface area contributed by atoms with Gasteiger partial charge in [-0.05, 0) is 67.0 Å². The third kappa shape index (κ3) is 3.18. The van der Waals surface area contributed by atoms with E-state index in [2.05, 4.69) is 158 Å². The second kappa shape index (κ2) is 9.05. The molecule has 0 atom stereocenters.